The first-order valence-electron chi connectivity index (χ1n) is 10.3. The summed E-state index contributed by atoms with van der Waals surface area (Å²) in [4.78, 5) is 24.6. The van der Waals surface area contributed by atoms with Gasteiger partial charge in [-0.25, -0.2) is 4.79 Å². The smallest absolute Gasteiger partial charge is 0.338 e. The predicted octanol–water partition coefficient (Wildman–Crippen LogP) is 3.39. The van der Waals surface area contributed by atoms with E-state index >= 15 is 0 Å². The van der Waals surface area contributed by atoms with Gasteiger partial charge >= 0.3 is 5.97 Å². The summed E-state index contributed by atoms with van der Waals surface area (Å²) in [6.07, 6.45) is 3.52. The van der Waals surface area contributed by atoms with Crippen molar-refractivity contribution >= 4 is 18.0 Å². The standard InChI is InChI=1S/C24H27N3O4/c1-15-11-18(12-19(13-25)23(28)26-14-20-7-6-10-31-20)17(3)27(15)22-9-5-8-21(16(22)2)24(29)30-4/h5,8-9,11-12,20H,6-7,10,14H2,1-4H3,(H,26,28)/b19-12+/t20-/m1/s1. The number of hydrogen-bond acceptors (Lipinski definition) is 5. The number of carbonyl (C=O) groups is 2. The van der Waals surface area contributed by atoms with Crippen LogP contribution in [0.15, 0.2) is 29.8 Å². The van der Waals surface area contributed by atoms with E-state index in [1.54, 1.807) is 12.1 Å². The Morgan fingerprint density at radius 1 is 1.35 bits per heavy atom. The summed E-state index contributed by atoms with van der Waals surface area (Å²) in [7, 11) is 1.36. The number of esters is 1. The molecule has 1 saturated heterocycles. The number of ether oxygens (including phenoxy) is 2. The van der Waals surface area contributed by atoms with E-state index < -0.39 is 11.9 Å². The molecule has 1 fully saturated rings. The number of nitriles is 1. The molecular weight excluding hydrogens is 394 g/mol. The lowest BCUT2D eigenvalue weighted by Gasteiger charge is -2.15. The summed E-state index contributed by atoms with van der Waals surface area (Å²) in [5.41, 5.74) is 4.73. The Balaban J connectivity index is 1.91. The number of rotatable bonds is 6. The van der Waals surface area contributed by atoms with Gasteiger partial charge in [-0.15, -0.1) is 0 Å². The minimum Gasteiger partial charge on any atom is -0.465 e. The number of aryl methyl sites for hydroxylation is 1. The van der Waals surface area contributed by atoms with E-state index in [9.17, 15) is 14.9 Å². The summed E-state index contributed by atoms with van der Waals surface area (Å²) in [5.74, 6) is -0.803. The minimum absolute atomic E-state index is 0.0130. The first-order chi connectivity index (χ1) is 14.9. The topological polar surface area (TPSA) is 93.4 Å². The second kappa shape index (κ2) is 9.63. The molecule has 1 aromatic heterocycles. The van der Waals surface area contributed by atoms with Crippen molar-refractivity contribution in [2.45, 2.75) is 39.7 Å². The van der Waals surface area contributed by atoms with E-state index in [1.807, 2.05) is 49.6 Å². The summed E-state index contributed by atoms with van der Waals surface area (Å²) in [6, 6.07) is 9.38. The zero-order valence-electron chi connectivity index (χ0n) is 18.3. The molecule has 0 bridgehead atoms. The highest BCUT2D eigenvalue weighted by Crippen LogP contribution is 2.26. The Kier molecular flexibility index (Phi) is 6.93. The third-order valence-corrected chi connectivity index (χ3v) is 5.60. The molecule has 1 N–H and O–H groups in total. The van der Waals surface area contributed by atoms with Crippen LogP contribution < -0.4 is 5.32 Å². The first-order valence-corrected chi connectivity index (χ1v) is 10.3. The summed E-state index contributed by atoms with van der Waals surface area (Å²) in [6.45, 7) is 6.84. The Hall–Kier alpha value is -3.37. The average molecular weight is 421 g/mol. The number of benzene rings is 1. The van der Waals surface area contributed by atoms with Gasteiger partial charge in [-0.1, -0.05) is 6.07 Å². The Morgan fingerprint density at radius 3 is 2.77 bits per heavy atom. The van der Waals surface area contributed by atoms with Gasteiger partial charge in [-0.05, 0) is 69.0 Å². The molecule has 0 radical (unpaired) electrons. The number of nitrogens with zero attached hydrogens (tertiary/aromatic N) is 2. The molecule has 2 aromatic rings. The van der Waals surface area contributed by atoms with Gasteiger partial charge in [0.1, 0.15) is 11.6 Å². The van der Waals surface area contributed by atoms with E-state index in [2.05, 4.69) is 5.32 Å². The van der Waals surface area contributed by atoms with E-state index in [-0.39, 0.29) is 11.7 Å². The van der Waals surface area contributed by atoms with Crippen molar-refractivity contribution < 1.29 is 19.1 Å². The van der Waals surface area contributed by atoms with Crippen molar-refractivity contribution in [2.24, 2.45) is 0 Å². The van der Waals surface area contributed by atoms with Crippen LogP contribution >= 0.6 is 0 Å². The van der Waals surface area contributed by atoms with E-state index in [0.29, 0.717) is 18.7 Å². The Morgan fingerprint density at radius 2 is 2.13 bits per heavy atom. The Labute approximate surface area is 182 Å². The summed E-state index contributed by atoms with van der Waals surface area (Å²) < 4.78 is 12.4. The highest BCUT2D eigenvalue weighted by atomic mass is 16.5. The van der Waals surface area contributed by atoms with Crippen molar-refractivity contribution in [1.29, 1.82) is 5.26 Å². The molecule has 0 unspecified atom stereocenters. The van der Waals surface area contributed by atoms with Crippen LogP contribution in [0.3, 0.4) is 0 Å². The molecule has 1 aliphatic heterocycles. The van der Waals surface area contributed by atoms with Gasteiger partial charge in [-0.2, -0.15) is 5.26 Å². The van der Waals surface area contributed by atoms with Gasteiger partial charge < -0.3 is 19.4 Å². The van der Waals surface area contributed by atoms with Crippen LogP contribution in [0.1, 0.15) is 45.7 Å². The minimum atomic E-state index is -0.410. The average Bonchev–Trinajstić information content (AvgIpc) is 3.38. The van der Waals surface area contributed by atoms with Crippen LogP contribution in [0.4, 0.5) is 0 Å². The lowest BCUT2D eigenvalue weighted by molar-refractivity contribution is -0.117. The van der Waals surface area contributed by atoms with Crippen molar-refractivity contribution in [3.05, 3.63) is 57.9 Å². The maximum Gasteiger partial charge on any atom is 0.338 e. The first kappa shape index (κ1) is 22.3. The van der Waals surface area contributed by atoms with Crippen LogP contribution in [-0.2, 0) is 14.3 Å². The molecule has 0 spiro atoms. The predicted molar refractivity (Wildman–Crippen MR) is 117 cm³/mol. The van der Waals surface area contributed by atoms with Crippen LogP contribution in [0.2, 0.25) is 0 Å². The van der Waals surface area contributed by atoms with Crippen LogP contribution in [0.5, 0.6) is 0 Å². The van der Waals surface area contributed by atoms with Crippen molar-refractivity contribution in [3.63, 3.8) is 0 Å². The lowest BCUT2D eigenvalue weighted by Crippen LogP contribution is -2.32. The second-order valence-corrected chi connectivity index (χ2v) is 7.62. The zero-order valence-corrected chi connectivity index (χ0v) is 18.3. The second-order valence-electron chi connectivity index (χ2n) is 7.62. The molecule has 1 amide bonds. The molecule has 7 heteroatoms. The normalized spacial score (nSPS) is 16.1. The van der Waals surface area contributed by atoms with Gasteiger partial charge in [0.05, 0.1) is 18.8 Å². The van der Waals surface area contributed by atoms with E-state index in [1.165, 1.54) is 7.11 Å². The van der Waals surface area contributed by atoms with Crippen molar-refractivity contribution in [3.8, 4) is 11.8 Å². The van der Waals surface area contributed by atoms with Crippen LogP contribution in [0, 0.1) is 32.1 Å². The monoisotopic (exact) mass is 421 g/mol. The van der Waals surface area contributed by atoms with Gasteiger partial charge in [0.15, 0.2) is 0 Å². The number of hydrogen-bond donors (Lipinski definition) is 1. The maximum absolute atomic E-state index is 12.5. The number of methoxy groups -OCH3 is 1. The molecule has 1 aromatic carbocycles. The van der Waals surface area contributed by atoms with E-state index in [0.717, 1.165) is 41.0 Å². The number of nitrogens with one attached hydrogen (secondary N) is 1. The SMILES string of the molecule is COC(=O)c1cccc(-n2c(C)cc(/C=C(\C#N)C(=O)NC[C@H]3CCCO3)c2C)c1C. The summed E-state index contributed by atoms with van der Waals surface area (Å²) >= 11 is 0. The third kappa shape index (κ3) is 4.70. The van der Waals surface area contributed by atoms with Crippen molar-refractivity contribution in [1.82, 2.24) is 9.88 Å². The molecule has 3 rings (SSSR count). The number of aromatic nitrogens is 1. The van der Waals surface area contributed by atoms with Crippen LogP contribution in [0.25, 0.3) is 11.8 Å². The third-order valence-electron chi connectivity index (χ3n) is 5.60. The number of amides is 1. The molecule has 162 valence electrons. The largest absolute Gasteiger partial charge is 0.465 e. The maximum atomic E-state index is 12.5. The molecule has 1 atom stereocenters. The van der Waals surface area contributed by atoms with Gasteiger partial charge in [-0.3, -0.25) is 4.79 Å². The molecule has 0 saturated carbocycles. The molecule has 31 heavy (non-hydrogen) atoms. The lowest BCUT2D eigenvalue weighted by atomic mass is 10.1. The summed E-state index contributed by atoms with van der Waals surface area (Å²) in [5, 5.41) is 12.3. The highest BCUT2D eigenvalue weighted by Gasteiger charge is 2.19. The molecule has 7 nitrogen and oxygen atoms in total. The quantitative estimate of drug-likeness (QED) is 0.438. The highest BCUT2D eigenvalue weighted by molar-refractivity contribution is 6.01. The fourth-order valence-corrected chi connectivity index (χ4v) is 3.91. The van der Waals surface area contributed by atoms with Gasteiger partial charge in [0.2, 0.25) is 0 Å². The van der Waals surface area contributed by atoms with Gasteiger partial charge in [0.25, 0.3) is 5.91 Å². The fourth-order valence-electron chi connectivity index (χ4n) is 3.91. The molecule has 0 aliphatic carbocycles. The Bertz CT molecular complexity index is 1070. The fraction of sp³-hybridized carbons (Fsp3) is 0.375. The van der Waals surface area contributed by atoms with Crippen molar-refractivity contribution in [2.75, 3.05) is 20.3 Å². The zero-order chi connectivity index (χ0) is 22.5. The number of carbonyl (C=O) groups excluding carboxylic acids is 2. The van der Waals surface area contributed by atoms with Gasteiger partial charge in [0, 0.05) is 30.2 Å². The van der Waals surface area contributed by atoms with E-state index in [4.69, 9.17) is 9.47 Å². The molecule has 2 heterocycles. The molecular formula is C24H27N3O4. The van der Waals surface area contributed by atoms with Crippen LogP contribution in [-0.4, -0.2) is 42.8 Å². The molecule has 1 aliphatic rings.